The van der Waals surface area contributed by atoms with Gasteiger partial charge in [0, 0.05) is 23.1 Å². The van der Waals surface area contributed by atoms with E-state index in [1.54, 1.807) is 7.11 Å². The maximum atomic E-state index is 12.3. The first kappa shape index (κ1) is 21.4. The van der Waals surface area contributed by atoms with Crippen LogP contribution in [0.25, 0.3) is 11.8 Å². The van der Waals surface area contributed by atoms with Crippen molar-refractivity contribution in [1.29, 1.82) is 5.26 Å². The van der Waals surface area contributed by atoms with Crippen molar-refractivity contribution in [3.8, 4) is 17.5 Å². The molecular weight excluding hydrogens is 400 g/mol. The number of anilines is 1. The molecule has 158 valence electrons. The molecule has 0 aliphatic heterocycles. The summed E-state index contributed by atoms with van der Waals surface area (Å²) in [5.74, 6) is -0.555. The van der Waals surface area contributed by atoms with Crippen LogP contribution in [0.3, 0.4) is 0 Å². The van der Waals surface area contributed by atoms with Gasteiger partial charge in [-0.05, 0) is 55.8 Å². The third-order valence-electron chi connectivity index (χ3n) is 4.48. The average molecular weight is 420 g/mol. The average Bonchev–Trinajstić information content (AvgIpc) is 3.37. The summed E-state index contributed by atoms with van der Waals surface area (Å²) in [5, 5.41) is 15.3. The first-order valence-electron chi connectivity index (χ1n) is 9.25. The van der Waals surface area contributed by atoms with E-state index in [0.717, 1.165) is 22.8 Å². The van der Waals surface area contributed by atoms with Gasteiger partial charge >= 0.3 is 5.97 Å². The van der Waals surface area contributed by atoms with Crippen LogP contribution in [0.1, 0.15) is 17.0 Å². The fourth-order valence-electron chi connectivity index (χ4n) is 3.02. The minimum Gasteiger partial charge on any atom is -0.497 e. The van der Waals surface area contributed by atoms with E-state index in [2.05, 4.69) is 15.0 Å². The minimum atomic E-state index is -0.896. The number of esters is 1. The molecule has 0 aliphatic carbocycles. The second-order valence-corrected chi connectivity index (χ2v) is 6.54. The topological polar surface area (TPSA) is 119 Å². The highest BCUT2D eigenvalue weighted by Gasteiger charge is 2.16. The molecule has 1 aromatic carbocycles. The molecule has 0 fully saturated rings. The van der Waals surface area contributed by atoms with E-state index < -0.39 is 18.5 Å². The number of carbonyl (C=O) groups is 2. The largest absolute Gasteiger partial charge is 0.497 e. The van der Waals surface area contributed by atoms with E-state index >= 15 is 0 Å². The van der Waals surface area contributed by atoms with Gasteiger partial charge in [-0.3, -0.25) is 4.79 Å². The van der Waals surface area contributed by atoms with Crippen molar-refractivity contribution < 1.29 is 23.6 Å². The number of ether oxygens (including phenoxy) is 2. The van der Waals surface area contributed by atoms with Crippen molar-refractivity contribution in [2.75, 3.05) is 19.0 Å². The summed E-state index contributed by atoms with van der Waals surface area (Å²) in [6, 6.07) is 12.7. The van der Waals surface area contributed by atoms with Crippen molar-refractivity contribution in [3.05, 3.63) is 65.2 Å². The maximum absolute atomic E-state index is 12.3. The molecular formula is C22H20N4O5. The van der Waals surface area contributed by atoms with Gasteiger partial charge < -0.3 is 23.9 Å². The van der Waals surface area contributed by atoms with Crippen molar-refractivity contribution in [1.82, 2.24) is 9.72 Å². The van der Waals surface area contributed by atoms with Crippen LogP contribution < -0.4 is 10.1 Å². The van der Waals surface area contributed by atoms with Gasteiger partial charge in [0.15, 0.2) is 12.4 Å². The van der Waals surface area contributed by atoms with Crippen LogP contribution in [0.2, 0.25) is 0 Å². The Bertz CT molecular complexity index is 1150. The van der Waals surface area contributed by atoms with Crippen LogP contribution in [-0.4, -0.2) is 35.3 Å². The number of carbonyl (C=O) groups excluding carboxylic acids is 2. The van der Waals surface area contributed by atoms with Crippen LogP contribution in [0.5, 0.6) is 5.75 Å². The standard InChI is InChI=1S/C22H20N4O5/c1-14-10-16(15(2)26(14)18-4-6-19(29-3)7-5-18)11-17(12-23)22(28)30-13-21(27)24-20-8-9-31-25-20/h4-11H,13H2,1-3H3,(H,24,25,27)/b17-11+. The predicted octanol–water partition coefficient (Wildman–Crippen LogP) is 3.18. The molecule has 0 radical (unpaired) electrons. The molecule has 1 amide bonds. The number of hydrogen-bond donors (Lipinski definition) is 1. The van der Waals surface area contributed by atoms with Crippen LogP contribution in [0.15, 0.2) is 52.8 Å². The summed E-state index contributed by atoms with van der Waals surface area (Å²) in [6.07, 6.45) is 2.74. The summed E-state index contributed by atoms with van der Waals surface area (Å²) in [4.78, 5) is 24.1. The summed E-state index contributed by atoms with van der Waals surface area (Å²) in [5.41, 5.74) is 3.15. The van der Waals surface area contributed by atoms with E-state index in [1.807, 2.05) is 54.8 Å². The van der Waals surface area contributed by atoms with E-state index in [-0.39, 0.29) is 11.4 Å². The molecule has 9 nitrogen and oxygen atoms in total. The molecule has 3 aromatic rings. The monoisotopic (exact) mass is 420 g/mol. The number of aromatic nitrogens is 2. The number of nitrogens with zero attached hydrogens (tertiary/aromatic N) is 3. The van der Waals surface area contributed by atoms with Gasteiger partial charge in [0.2, 0.25) is 0 Å². The molecule has 0 unspecified atom stereocenters. The van der Waals surface area contributed by atoms with Crippen molar-refractivity contribution in [3.63, 3.8) is 0 Å². The fraction of sp³-hybridized carbons (Fsp3) is 0.182. The Labute approximate surface area is 178 Å². The molecule has 1 N–H and O–H groups in total. The number of methoxy groups -OCH3 is 1. The Hall–Kier alpha value is -4.32. The zero-order chi connectivity index (χ0) is 22.4. The molecule has 0 aliphatic rings. The lowest BCUT2D eigenvalue weighted by Gasteiger charge is -2.10. The zero-order valence-electron chi connectivity index (χ0n) is 17.2. The third-order valence-corrected chi connectivity index (χ3v) is 4.48. The Morgan fingerprint density at radius 2 is 2.00 bits per heavy atom. The van der Waals surface area contributed by atoms with E-state index in [4.69, 9.17) is 9.47 Å². The summed E-state index contributed by atoms with van der Waals surface area (Å²) in [6.45, 7) is 3.25. The quantitative estimate of drug-likeness (QED) is 0.354. The predicted molar refractivity (Wildman–Crippen MR) is 111 cm³/mol. The van der Waals surface area contributed by atoms with E-state index in [0.29, 0.717) is 5.56 Å². The van der Waals surface area contributed by atoms with Gasteiger partial charge in [-0.2, -0.15) is 5.26 Å². The maximum Gasteiger partial charge on any atom is 0.349 e. The summed E-state index contributed by atoms with van der Waals surface area (Å²) < 4.78 is 16.7. The number of amides is 1. The van der Waals surface area contributed by atoms with Crippen LogP contribution >= 0.6 is 0 Å². The molecule has 0 saturated carbocycles. The van der Waals surface area contributed by atoms with Crippen molar-refractivity contribution >= 4 is 23.8 Å². The minimum absolute atomic E-state index is 0.197. The normalized spacial score (nSPS) is 11.0. The highest BCUT2D eigenvalue weighted by Crippen LogP contribution is 2.24. The molecule has 2 heterocycles. The van der Waals surface area contributed by atoms with E-state index in [9.17, 15) is 14.9 Å². The van der Waals surface area contributed by atoms with Gasteiger partial charge in [-0.15, -0.1) is 0 Å². The van der Waals surface area contributed by atoms with Crippen LogP contribution in [0.4, 0.5) is 5.82 Å². The summed E-state index contributed by atoms with van der Waals surface area (Å²) >= 11 is 0. The Morgan fingerprint density at radius 3 is 2.61 bits per heavy atom. The van der Waals surface area contributed by atoms with Crippen LogP contribution in [0, 0.1) is 25.2 Å². The first-order valence-corrected chi connectivity index (χ1v) is 9.25. The second kappa shape index (κ2) is 9.45. The lowest BCUT2D eigenvalue weighted by atomic mass is 10.1. The van der Waals surface area contributed by atoms with Crippen molar-refractivity contribution in [2.24, 2.45) is 0 Å². The van der Waals surface area contributed by atoms with E-state index in [1.165, 1.54) is 18.4 Å². The third kappa shape index (κ3) is 5.00. The summed E-state index contributed by atoms with van der Waals surface area (Å²) in [7, 11) is 1.60. The Morgan fingerprint density at radius 1 is 1.26 bits per heavy atom. The lowest BCUT2D eigenvalue weighted by molar-refractivity contribution is -0.142. The SMILES string of the molecule is COc1ccc(-n2c(C)cc(/C=C(\C#N)C(=O)OCC(=O)Nc3ccon3)c2C)cc1. The molecule has 3 rings (SSSR count). The first-order chi connectivity index (χ1) is 14.9. The van der Waals surface area contributed by atoms with Gasteiger partial charge in [0.25, 0.3) is 5.91 Å². The molecule has 0 spiro atoms. The highest BCUT2D eigenvalue weighted by atomic mass is 16.5. The molecule has 2 aromatic heterocycles. The molecule has 0 saturated heterocycles. The molecule has 9 heteroatoms. The van der Waals surface area contributed by atoms with Gasteiger partial charge in [-0.25, -0.2) is 4.79 Å². The molecule has 0 atom stereocenters. The Kier molecular flexibility index (Phi) is 6.52. The van der Waals surface area contributed by atoms with Crippen molar-refractivity contribution in [2.45, 2.75) is 13.8 Å². The number of rotatable bonds is 7. The molecule has 0 bridgehead atoms. The highest BCUT2D eigenvalue weighted by molar-refractivity contribution is 6.00. The van der Waals surface area contributed by atoms with Crippen LogP contribution in [-0.2, 0) is 14.3 Å². The number of hydrogen-bond acceptors (Lipinski definition) is 7. The molecule has 31 heavy (non-hydrogen) atoms. The second-order valence-electron chi connectivity index (χ2n) is 6.54. The van der Waals surface area contributed by atoms with Gasteiger partial charge in [0.05, 0.1) is 7.11 Å². The number of aryl methyl sites for hydroxylation is 1. The Balaban J connectivity index is 1.75. The number of nitriles is 1. The fourth-order valence-corrected chi connectivity index (χ4v) is 3.02. The lowest BCUT2D eigenvalue weighted by Crippen LogP contribution is -2.21. The zero-order valence-corrected chi connectivity index (χ0v) is 17.2. The van der Waals surface area contributed by atoms with Gasteiger partial charge in [0.1, 0.15) is 23.7 Å². The smallest absolute Gasteiger partial charge is 0.349 e. The van der Waals surface area contributed by atoms with Gasteiger partial charge in [-0.1, -0.05) is 5.16 Å². The number of benzene rings is 1. The number of nitrogens with one attached hydrogen (secondary N) is 1.